The summed E-state index contributed by atoms with van der Waals surface area (Å²) in [6.45, 7) is 8.70. The van der Waals surface area contributed by atoms with Crippen molar-refractivity contribution in [3.05, 3.63) is 29.8 Å². The zero-order valence-corrected chi connectivity index (χ0v) is 11.2. The van der Waals surface area contributed by atoms with Gasteiger partial charge >= 0.3 is 0 Å². The van der Waals surface area contributed by atoms with Gasteiger partial charge in [0.25, 0.3) is 0 Å². The number of anilines is 1. The number of fused-ring (bicyclic) bond motifs is 1. The number of nitrogens with zero attached hydrogens (tertiary/aromatic N) is 1. The van der Waals surface area contributed by atoms with Crippen LogP contribution in [-0.4, -0.2) is 19.1 Å². The molecule has 0 bridgehead atoms. The predicted molar refractivity (Wildman–Crippen MR) is 74.4 cm³/mol. The van der Waals surface area contributed by atoms with E-state index in [4.69, 9.17) is 5.73 Å². The van der Waals surface area contributed by atoms with Gasteiger partial charge in [0.2, 0.25) is 0 Å². The number of aryl methyl sites for hydroxylation is 1. The summed E-state index contributed by atoms with van der Waals surface area (Å²) in [5, 5.41) is 0. The van der Waals surface area contributed by atoms with Crippen LogP contribution in [0.3, 0.4) is 0 Å². The standard InChI is InChI=1S/C15H24N2/c1-12(15(2,3)11-16)17-10-6-8-13-7-4-5-9-14(13)17/h4-5,7,9,12H,6,8,10-11,16H2,1-3H3. The van der Waals surface area contributed by atoms with Gasteiger partial charge in [-0.1, -0.05) is 32.0 Å². The minimum atomic E-state index is 0.157. The molecular formula is C15H24N2. The molecule has 1 aromatic carbocycles. The first-order valence-corrected chi connectivity index (χ1v) is 6.61. The zero-order valence-electron chi connectivity index (χ0n) is 11.2. The van der Waals surface area contributed by atoms with Gasteiger partial charge in [0.15, 0.2) is 0 Å². The normalized spacial score (nSPS) is 17.8. The monoisotopic (exact) mass is 232 g/mol. The Morgan fingerprint density at radius 1 is 1.35 bits per heavy atom. The Hall–Kier alpha value is -1.02. The molecule has 0 saturated heterocycles. The molecule has 0 spiro atoms. The summed E-state index contributed by atoms with van der Waals surface area (Å²) >= 11 is 0. The topological polar surface area (TPSA) is 29.3 Å². The molecule has 2 N–H and O–H groups in total. The van der Waals surface area contributed by atoms with Gasteiger partial charge in [0.1, 0.15) is 0 Å². The first-order valence-electron chi connectivity index (χ1n) is 6.61. The number of rotatable bonds is 3. The molecule has 1 unspecified atom stereocenters. The van der Waals surface area contributed by atoms with E-state index in [0.717, 1.165) is 13.1 Å². The maximum atomic E-state index is 5.91. The lowest BCUT2D eigenvalue weighted by molar-refractivity contribution is 0.294. The number of para-hydroxylation sites is 1. The van der Waals surface area contributed by atoms with Crippen LogP contribution in [0, 0.1) is 5.41 Å². The van der Waals surface area contributed by atoms with E-state index in [-0.39, 0.29) is 5.41 Å². The van der Waals surface area contributed by atoms with E-state index in [1.54, 1.807) is 0 Å². The highest BCUT2D eigenvalue weighted by Crippen LogP contribution is 2.33. The number of hydrogen-bond donors (Lipinski definition) is 1. The molecule has 1 aliphatic rings. The van der Waals surface area contributed by atoms with Crippen LogP contribution >= 0.6 is 0 Å². The molecule has 94 valence electrons. The lowest BCUT2D eigenvalue weighted by Gasteiger charge is -2.43. The molecule has 2 heteroatoms. The van der Waals surface area contributed by atoms with Crippen LogP contribution in [0.4, 0.5) is 5.69 Å². The Morgan fingerprint density at radius 3 is 2.76 bits per heavy atom. The molecule has 1 atom stereocenters. The third kappa shape index (κ3) is 2.32. The molecule has 0 aliphatic carbocycles. The molecule has 0 aromatic heterocycles. The quantitative estimate of drug-likeness (QED) is 0.868. The van der Waals surface area contributed by atoms with Gasteiger partial charge in [-0.05, 0) is 43.4 Å². The van der Waals surface area contributed by atoms with Crippen LogP contribution in [0.2, 0.25) is 0 Å². The van der Waals surface area contributed by atoms with Crippen LogP contribution in [0.25, 0.3) is 0 Å². The van der Waals surface area contributed by atoms with Crippen molar-refractivity contribution in [1.29, 1.82) is 0 Å². The molecule has 2 nitrogen and oxygen atoms in total. The summed E-state index contributed by atoms with van der Waals surface area (Å²) < 4.78 is 0. The van der Waals surface area contributed by atoms with Crippen molar-refractivity contribution in [3.8, 4) is 0 Å². The highest BCUT2D eigenvalue weighted by molar-refractivity contribution is 5.56. The summed E-state index contributed by atoms with van der Waals surface area (Å²) in [5.74, 6) is 0. The van der Waals surface area contributed by atoms with Crippen LogP contribution in [0.5, 0.6) is 0 Å². The van der Waals surface area contributed by atoms with Gasteiger partial charge in [-0.3, -0.25) is 0 Å². The second kappa shape index (κ2) is 4.69. The van der Waals surface area contributed by atoms with Crippen LogP contribution < -0.4 is 10.6 Å². The van der Waals surface area contributed by atoms with E-state index in [9.17, 15) is 0 Å². The van der Waals surface area contributed by atoms with Gasteiger partial charge in [-0.2, -0.15) is 0 Å². The van der Waals surface area contributed by atoms with Gasteiger partial charge < -0.3 is 10.6 Å². The van der Waals surface area contributed by atoms with Crippen LogP contribution in [0.15, 0.2) is 24.3 Å². The molecule has 0 saturated carbocycles. The molecule has 1 heterocycles. The van der Waals surface area contributed by atoms with E-state index in [1.807, 2.05) is 0 Å². The first kappa shape index (κ1) is 12.4. The average Bonchev–Trinajstić information content (AvgIpc) is 2.37. The largest absolute Gasteiger partial charge is 0.368 e. The third-order valence-corrected chi connectivity index (χ3v) is 4.27. The summed E-state index contributed by atoms with van der Waals surface area (Å²) in [6.07, 6.45) is 2.46. The first-order chi connectivity index (χ1) is 8.06. The smallest absolute Gasteiger partial charge is 0.0401 e. The Balaban J connectivity index is 2.30. The SMILES string of the molecule is CC(N1CCCc2ccccc21)C(C)(C)CN. The summed E-state index contributed by atoms with van der Waals surface area (Å²) in [7, 11) is 0. The summed E-state index contributed by atoms with van der Waals surface area (Å²) in [5.41, 5.74) is 8.96. The van der Waals surface area contributed by atoms with Crippen molar-refractivity contribution < 1.29 is 0 Å². The Morgan fingerprint density at radius 2 is 2.06 bits per heavy atom. The minimum Gasteiger partial charge on any atom is -0.368 e. The van der Waals surface area contributed by atoms with E-state index < -0.39 is 0 Å². The maximum Gasteiger partial charge on any atom is 0.0401 e. The lowest BCUT2D eigenvalue weighted by Crippen LogP contribution is -2.48. The van der Waals surface area contributed by atoms with E-state index in [0.29, 0.717) is 6.04 Å². The fraction of sp³-hybridized carbons (Fsp3) is 0.600. The summed E-state index contributed by atoms with van der Waals surface area (Å²) in [4.78, 5) is 2.53. The highest BCUT2D eigenvalue weighted by atomic mass is 15.2. The molecule has 0 amide bonds. The second-order valence-corrected chi connectivity index (χ2v) is 5.79. The molecule has 1 aliphatic heterocycles. The van der Waals surface area contributed by atoms with Gasteiger partial charge in [0.05, 0.1) is 0 Å². The van der Waals surface area contributed by atoms with Crippen molar-refractivity contribution in [2.75, 3.05) is 18.0 Å². The fourth-order valence-electron chi connectivity index (χ4n) is 2.56. The third-order valence-electron chi connectivity index (χ3n) is 4.27. The van der Waals surface area contributed by atoms with Crippen LogP contribution in [0.1, 0.15) is 32.8 Å². The number of hydrogen-bond acceptors (Lipinski definition) is 2. The average molecular weight is 232 g/mol. The predicted octanol–water partition coefficient (Wildman–Crippen LogP) is 2.81. The fourth-order valence-corrected chi connectivity index (χ4v) is 2.56. The zero-order chi connectivity index (χ0) is 12.5. The Labute approximate surface area is 105 Å². The number of benzene rings is 1. The maximum absolute atomic E-state index is 5.91. The molecular weight excluding hydrogens is 208 g/mol. The highest BCUT2D eigenvalue weighted by Gasteiger charge is 2.31. The minimum absolute atomic E-state index is 0.157. The number of nitrogens with two attached hydrogens (primary N) is 1. The van der Waals surface area contributed by atoms with Crippen molar-refractivity contribution in [2.45, 2.75) is 39.7 Å². The molecule has 1 aromatic rings. The molecule has 17 heavy (non-hydrogen) atoms. The molecule has 2 rings (SSSR count). The van der Waals surface area contributed by atoms with Gasteiger partial charge in [0, 0.05) is 18.3 Å². The molecule has 0 radical (unpaired) electrons. The lowest BCUT2D eigenvalue weighted by atomic mass is 9.83. The second-order valence-electron chi connectivity index (χ2n) is 5.79. The van der Waals surface area contributed by atoms with E-state index in [2.05, 4.69) is 49.9 Å². The van der Waals surface area contributed by atoms with Crippen molar-refractivity contribution in [2.24, 2.45) is 11.1 Å². The Kier molecular flexibility index (Phi) is 3.43. The summed E-state index contributed by atoms with van der Waals surface area (Å²) in [6, 6.07) is 9.26. The van der Waals surface area contributed by atoms with Crippen molar-refractivity contribution in [1.82, 2.24) is 0 Å². The molecule has 0 fully saturated rings. The van der Waals surface area contributed by atoms with E-state index >= 15 is 0 Å². The van der Waals surface area contributed by atoms with Crippen molar-refractivity contribution in [3.63, 3.8) is 0 Å². The van der Waals surface area contributed by atoms with Crippen molar-refractivity contribution >= 4 is 5.69 Å². The van der Waals surface area contributed by atoms with Crippen LogP contribution in [-0.2, 0) is 6.42 Å². The van der Waals surface area contributed by atoms with E-state index in [1.165, 1.54) is 24.1 Å². The Bertz CT molecular complexity index is 384. The van der Waals surface area contributed by atoms with Gasteiger partial charge in [-0.15, -0.1) is 0 Å². The van der Waals surface area contributed by atoms with Gasteiger partial charge in [-0.25, -0.2) is 0 Å².